The fourth-order valence-electron chi connectivity index (χ4n) is 3.57. The third kappa shape index (κ3) is 4.17. The normalized spacial score (nSPS) is 25.2. The second kappa shape index (κ2) is 7.95. The average Bonchev–Trinajstić information content (AvgIpc) is 2.98. The van der Waals surface area contributed by atoms with Gasteiger partial charge in [-0.3, -0.25) is 4.79 Å². The van der Waals surface area contributed by atoms with E-state index in [4.69, 9.17) is 0 Å². The number of likely N-dealkylation sites (tertiary alicyclic amines) is 1. The summed E-state index contributed by atoms with van der Waals surface area (Å²) in [6.07, 6.45) is 1.70. The van der Waals surface area contributed by atoms with Gasteiger partial charge >= 0.3 is 0 Å². The number of nitrogens with one attached hydrogen (secondary N) is 2. The highest BCUT2D eigenvalue weighted by Gasteiger charge is 2.28. The van der Waals surface area contributed by atoms with Crippen LogP contribution in [0.15, 0.2) is 22.7 Å². The van der Waals surface area contributed by atoms with E-state index in [2.05, 4.69) is 26.6 Å². The van der Waals surface area contributed by atoms with E-state index in [1.54, 1.807) is 0 Å². The highest BCUT2D eigenvalue weighted by atomic mass is 79.9. The molecular formula is C18H26BrN3O2. The molecule has 2 heterocycles. The Morgan fingerprint density at radius 2 is 2.12 bits per heavy atom. The molecule has 132 valence electrons. The van der Waals surface area contributed by atoms with Crippen molar-refractivity contribution in [2.75, 3.05) is 32.7 Å². The number of nitrogens with zero attached hydrogens (tertiary/aromatic N) is 1. The lowest BCUT2D eigenvalue weighted by Gasteiger charge is -2.33. The molecule has 2 aliphatic rings. The van der Waals surface area contributed by atoms with E-state index in [0.29, 0.717) is 18.5 Å². The van der Waals surface area contributed by atoms with Crippen LogP contribution in [0.4, 0.5) is 0 Å². The zero-order valence-corrected chi connectivity index (χ0v) is 15.7. The number of amides is 1. The number of carbonyl (C=O) groups is 1. The van der Waals surface area contributed by atoms with Crippen molar-refractivity contribution in [3.8, 4) is 0 Å². The highest BCUT2D eigenvalue weighted by molar-refractivity contribution is 9.10. The molecule has 1 aromatic carbocycles. The Balaban J connectivity index is 1.48. The number of aliphatic hydroxyl groups is 1. The molecule has 2 unspecified atom stereocenters. The molecule has 0 aliphatic carbocycles. The summed E-state index contributed by atoms with van der Waals surface area (Å²) in [7, 11) is 0. The minimum absolute atomic E-state index is 0.133. The summed E-state index contributed by atoms with van der Waals surface area (Å²) in [4.78, 5) is 14.7. The minimum Gasteiger partial charge on any atom is -0.391 e. The Labute approximate surface area is 151 Å². The van der Waals surface area contributed by atoms with Crippen LogP contribution in [0.1, 0.15) is 28.8 Å². The summed E-state index contributed by atoms with van der Waals surface area (Å²) >= 11 is 3.44. The maximum absolute atomic E-state index is 12.7. The molecule has 2 atom stereocenters. The lowest BCUT2D eigenvalue weighted by Crippen LogP contribution is -2.46. The van der Waals surface area contributed by atoms with Gasteiger partial charge in [-0.05, 0) is 43.5 Å². The van der Waals surface area contributed by atoms with Crippen molar-refractivity contribution >= 4 is 21.8 Å². The quantitative estimate of drug-likeness (QED) is 0.723. The number of benzene rings is 1. The minimum atomic E-state index is -0.237. The smallest absolute Gasteiger partial charge is 0.254 e. The summed E-state index contributed by atoms with van der Waals surface area (Å²) in [5.74, 6) is 0.434. The van der Waals surface area contributed by atoms with Gasteiger partial charge in [-0.25, -0.2) is 0 Å². The van der Waals surface area contributed by atoms with Gasteiger partial charge in [0, 0.05) is 54.7 Å². The second-order valence-corrected chi connectivity index (χ2v) is 7.84. The van der Waals surface area contributed by atoms with Gasteiger partial charge in [-0.1, -0.05) is 15.9 Å². The van der Waals surface area contributed by atoms with Gasteiger partial charge < -0.3 is 20.6 Å². The fourth-order valence-corrected chi connectivity index (χ4v) is 4.05. The number of rotatable bonds is 4. The fraction of sp³-hybridized carbons (Fsp3) is 0.611. The van der Waals surface area contributed by atoms with Crippen molar-refractivity contribution in [1.29, 1.82) is 0 Å². The van der Waals surface area contributed by atoms with Crippen molar-refractivity contribution in [1.82, 2.24) is 15.5 Å². The standard InChI is InChI=1S/C18H26BrN3O2/c1-12-8-14(19)2-3-16(12)18(24)22-6-4-15(5-7-22)21-10-13-9-20-11-17(13)23/h2-3,8,13,15,17,20-21,23H,4-7,9-11H2,1H3. The Bertz CT molecular complexity index is 588. The molecule has 5 nitrogen and oxygen atoms in total. The number of aliphatic hydroxyl groups excluding tert-OH is 1. The number of halogens is 1. The Morgan fingerprint density at radius 1 is 1.38 bits per heavy atom. The van der Waals surface area contributed by atoms with E-state index in [-0.39, 0.29) is 12.0 Å². The monoisotopic (exact) mass is 395 g/mol. The summed E-state index contributed by atoms with van der Waals surface area (Å²) in [5, 5.41) is 16.6. The topological polar surface area (TPSA) is 64.6 Å². The maximum Gasteiger partial charge on any atom is 0.254 e. The maximum atomic E-state index is 12.7. The van der Waals surface area contributed by atoms with Gasteiger partial charge in [0.1, 0.15) is 0 Å². The Morgan fingerprint density at radius 3 is 2.75 bits per heavy atom. The largest absolute Gasteiger partial charge is 0.391 e. The third-order valence-corrected chi connectivity index (χ3v) is 5.67. The zero-order valence-electron chi connectivity index (χ0n) is 14.1. The van der Waals surface area contributed by atoms with Crippen LogP contribution < -0.4 is 10.6 Å². The van der Waals surface area contributed by atoms with Crippen LogP contribution in [-0.2, 0) is 0 Å². The number of piperidine rings is 1. The Hall–Kier alpha value is -0.950. The second-order valence-electron chi connectivity index (χ2n) is 6.92. The molecular weight excluding hydrogens is 370 g/mol. The molecule has 2 fully saturated rings. The van der Waals surface area contributed by atoms with Crippen LogP contribution in [-0.4, -0.2) is 60.8 Å². The van der Waals surface area contributed by atoms with Gasteiger partial charge in [0.25, 0.3) is 5.91 Å². The lowest BCUT2D eigenvalue weighted by atomic mass is 10.0. The number of β-amino-alcohol motifs (C(OH)–C–C–N with tert-alkyl or cyclic N) is 1. The first-order chi connectivity index (χ1) is 11.5. The van der Waals surface area contributed by atoms with Crippen LogP contribution in [0.25, 0.3) is 0 Å². The van der Waals surface area contributed by atoms with E-state index in [1.807, 2.05) is 30.0 Å². The van der Waals surface area contributed by atoms with Crippen LogP contribution in [0.5, 0.6) is 0 Å². The summed E-state index contributed by atoms with van der Waals surface area (Å²) in [6.45, 7) is 5.99. The molecule has 3 N–H and O–H groups in total. The SMILES string of the molecule is Cc1cc(Br)ccc1C(=O)N1CCC(NCC2CNCC2O)CC1. The number of hydrogen-bond donors (Lipinski definition) is 3. The first-order valence-corrected chi connectivity index (χ1v) is 9.51. The number of aryl methyl sites for hydroxylation is 1. The summed E-state index contributed by atoms with van der Waals surface area (Å²) in [6, 6.07) is 6.26. The first-order valence-electron chi connectivity index (χ1n) is 8.72. The first kappa shape index (κ1) is 17.9. The predicted octanol–water partition coefficient (Wildman–Crippen LogP) is 1.53. The van der Waals surface area contributed by atoms with Crippen LogP contribution >= 0.6 is 15.9 Å². The molecule has 24 heavy (non-hydrogen) atoms. The van der Waals surface area contributed by atoms with Crippen molar-refractivity contribution in [3.05, 3.63) is 33.8 Å². The number of hydrogen-bond acceptors (Lipinski definition) is 4. The molecule has 2 aliphatic heterocycles. The molecule has 6 heteroatoms. The molecule has 0 radical (unpaired) electrons. The molecule has 1 amide bonds. The van der Waals surface area contributed by atoms with Crippen molar-refractivity contribution < 1.29 is 9.90 Å². The molecule has 0 spiro atoms. The van der Waals surface area contributed by atoms with Crippen molar-refractivity contribution in [2.24, 2.45) is 5.92 Å². The van der Waals surface area contributed by atoms with E-state index in [0.717, 1.165) is 54.6 Å². The highest BCUT2D eigenvalue weighted by Crippen LogP contribution is 2.20. The predicted molar refractivity (Wildman–Crippen MR) is 98.2 cm³/mol. The molecule has 3 rings (SSSR count). The molecule has 0 aromatic heterocycles. The van der Waals surface area contributed by atoms with E-state index in [9.17, 15) is 9.90 Å². The van der Waals surface area contributed by atoms with Gasteiger partial charge in [-0.15, -0.1) is 0 Å². The van der Waals surface area contributed by atoms with Crippen LogP contribution in [0.2, 0.25) is 0 Å². The zero-order chi connectivity index (χ0) is 17.1. The average molecular weight is 396 g/mol. The van der Waals surface area contributed by atoms with Crippen LogP contribution in [0.3, 0.4) is 0 Å². The summed E-state index contributed by atoms with van der Waals surface area (Å²) in [5.41, 5.74) is 1.81. The van der Waals surface area contributed by atoms with E-state index >= 15 is 0 Å². The molecule has 2 saturated heterocycles. The van der Waals surface area contributed by atoms with E-state index in [1.165, 1.54) is 0 Å². The number of carbonyl (C=O) groups excluding carboxylic acids is 1. The molecule has 0 bridgehead atoms. The van der Waals surface area contributed by atoms with Crippen molar-refractivity contribution in [2.45, 2.75) is 31.9 Å². The van der Waals surface area contributed by atoms with Gasteiger partial charge in [-0.2, -0.15) is 0 Å². The van der Waals surface area contributed by atoms with Gasteiger partial charge in [0.05, 0.1) is 6.10 Å². The molecule has 0 saturated carbocycles. The van der Waals surface area contributed by atoms with Gasteiger partial charge in [0.15, 0.2) is 0 Å². The van der Waals surface area contributed by atoms with E-state index < -0.39 is 0 Å². The third-order valence-electron chi connectivity index (χ3n) is 5.17. The Kier molecular flexibility index (Phi) is 5.92. The summed E-state index contributed by atoms with van der Waals surface area (Å²) < 4.78 is 1.00. The van der Waals surface area contributed by atoms with Gasteiger partial charge in [0.2, 0.25) is 0 Å². The van der Waals surface area contributed by atoms with Crippen molar-refractivity contribution in [3.63, 3.8) is 0 Å². The van der Waals surface area contributed by atoms with Crippen LogP contribution in [0, 0.1) is 12.8 Å². The molecule has 1 aromatic rings. The lowest BCUT2D eigenvalue weighted by molar-refractivity contribution is 0.0700.